The molecule has 0 aromatic heterocycles. The van der Waals surface area contributed by atoms with E-state index in [0.717, 1.165) is 23.2 Å². The molecule has 4 nitrogen and oxygen atoms in total. The van der Waals surface area contributed by atoms with Gasteiger partial charge in [0.05, 0.1) is 0 Å². The largest absolute Gasteiger partial charge is 0.508 e. The van der Waals surface area contributed by atoms with Crippen LogP contribution >= 0.6 is 0 Å². The molecular weight excluding hydrogens is 350 g/mol. The Labute approximate surface area is 170 Å². The lowest BCUT2D eigenvalue weighted by molar-refractivity contribution is -0.142. The quantitative estimate of drug-likeness (QED) is 0.668. The minimum atomic E-state index is -0.308. The van der Waals surface area contributed by atoms with Gasteiger partial charge >= 0.3 is 5.97 Å². The summed E-state index contributed by atoms with van der Waals surface area (Å²) < 4.78 is 4.95. The van der Waals surface area contributed by atoms with Crippen LogP contribution in [0.15, 0.2) is 48.5 Å². The first-order chi connectivity index (χ1) is 13.2. The number of nitrogens with zero attached hydrogens (tertiary/aromatic N) is 1. The average Bonchev–Trinajstić information content (AvgIpc) is 2.63. The summed E-state index contributed by atoms with van der Waals surface area (Å²) in [6.07, 6.45) is 0.653. The van der Waals surface area contributed by atoms with Crippen molar-refractivity contribution in [2.75, 3.05) is 6.54 Å². The fourth-order valence-electron chi connectivity index (χ4n) is 3.20. The maximum atomic E-state index is 10.8. The normalized spacial score (nSPS) is 10.8. The van der Waals surface area contributed by atoms with Crippen molar-refractivity contribution in [1.29, 1.82) is 0 Å². The molecule has 0 saturated heterocycles. The third-order valence-electron chi connectivity index (χ3n) is 4.52. The molecule has 0 heterocycles. The Morgan fingerprint density at radius 3 is 2.07 bits per heavy atom. The van der Waals surface area contributed by atoms with Crippen LogP contribution in [0.4, 0.5) is 0 Å². The third kappa shape index (κ3) is 8.57. The van der Waals surface area contributed by atoms with E-state index in [4.69, 9.17) is 4.74 Å². The highest BCUT2D eigenvalue weighted by Crippen LogP contribution is 2.22. The summed E-state index contributed by atoms with van der Waals surface area (Å²) in [7, 11) is 0. The Bertz CT molecular complexity index is 703. The number of carbonyl (C=O) groups excluding carboxylic acids is 1. The van der Waals surface area contributed by atoms with Crippen LogP contribution in [0.3, 0.4) is 0 Å². The lowest BCUT2D eigenvalue weighted by Gasteiger charge is -2.28. The Morgan fingerprint density at radius 1 is 1.00 bits per heavy atom. The molecule has 28 heavy (non-hydrogen) atoms. The van der Waals surface area contributed by atoms with Crippen LogP contribution in [0, 0.1) is 0 Å². The lowest BCUT2D eigenvalue weighted by atomic mass is 10.0. The molecule has 0 bridgehead atoms. The number of phenols is 1. The van der Waals surface area contributed by atoms with Gasteiger partial charge in [-0.25, -0.2) is 0 Å². The number of hydrogen-bond donors (Lipinski definition) is 1. The van der Waals surface area contributed by atoms with Gasteiger partial charge in [0.25, 0.3) is 0 Å². The fraction of sp³-hybridized carbons (Fsp3) is 0.458. The van der Waals surface area contributed by atoms with E-state index in [1.165, 1.54) is 6.92 Å². The van der Waals surface area contributed by atoms with Gasteiger partial charge in [-0.1, -0.05) is 43.3 Å². The number of phenolic OH excluding ortho intramolecular Hbond substituents is 1. The van der Waals surface area contributed by atoms with Crippen LogP contribution in [0.1, 0.15) is 58.2 Å². The van der Waals surface area contributed by atoms with Gasteiger partial charge in [0.2, 0.25) is 0 Å². The molecule has 2 rings (SSSR count). The predicted molar refractivity (Wildman–Crippen MR) is 115 cm³/mol. The zero-order valence-electron chi connectivity index (χ0n) is 18.1. The van der Waals surface area contributed by atoms with Gasteiger partial charge in [-0.3, -0.25) is 9.69 Å². The lowest BCUT2D eigenvalue weighted by Crippen LogP contribution is -2.36. The molecular formula is C24H35NO3. The molecule has 1 N–H and O–H groups in total. The molecule has 0 radical (unpaired) electrons. The second-order valence-electron chi connectivity index (χ2n) is 7.42. The van der Waals surface area contributed by atoms with Gasteiger partial charge in [-0.2, -0.15) is 0 Å². The van der Waals surface area contributed by atoms with Crippen molar-refractivity contribution in [3.05, 3.63) is 65.2 Å². The molecule has 0 aliphatic carbocycles. The molecule has 0 atom stereocenters. The van der Waals surface area contributed by atoms with Crippen molar-refractivity contribution in [3.63, 3.8) is 0 Å². The van der Waals surface area contributed by atoms with E-state index in [-0.39, 0.29) is 18.3 Å². The van der Waals surface area contributed by atoms with Gasteiger partial charge in [0, 0.05) is 25.4 Å². The van der Waals surface area contributed by atoms with Crippen molar-refractivity contribution < 1.29 is 14.6 Å². The molecule has 0 fully saturated rings. The number of esters is 1. The van der Waals surface area contributed by atoms with E-state index in [2.05, 4.69) is 39.5 Å². The summed E-state index contributed by atoms with van der Waals surface area (Å²) >= 11 is 0. The number of benzene rings is 2. The Balaban J connectivity index is 0.000000370. The molecule has 0 saturated carbocycles. The van der Waals surface area contributed by atoms with Gasteiger partial charge in [0.15, 0.2) is 0 Å². The number of ether oxygens (including phenoxy) is 1. The van der Waals surface area contributed by atoms with Crippen molar-refractivity contribution >= 4 is 5.97 Å². The standard InChI is InChI=1S/C16H16O3.C8H19N/c1-12(17)19-11-14-7-8-16(18)15(10-14)9-13-5-3-2-4-6-13;1-6-9(7(2)3)8(4)5/h2-8,10,18H,9,11H2,1H3;7-8H,6H2,1-5H3. The van der Waals surface area contributed by atoms with Gasteiger partial charge in [-0.05, 0) is 63.1 Å². The van der Waals surface area contributed by atoms with Crippen molar-refractivity contribution in [2.45, 2.75) is 66.7 Å². The second-order valence-corrected chi connectivity index (χ2v) is 7.42. The Kier molecular flexibility index (Phi) is 10.3. The first-order valence-corrected chi connectivity index (χ1v) is 9.98. The summed E-state index contributed by atoms with van der Waals surface area (Å²) in [6, 6.07) is 16.6. The van der Waals surface area contributed by atoms with Crippen LogP contribution in [0.5, 0.6) is 5.75 Å². The number of rotatable bonds is 7. The predicted octanol–water partition coefficient (Wildman–Crippen LogP) is 5.17. The fourth-order valence-corrected chi connectivity index (χ4v) is 3.20. The summed E-state index contributed by atoms with van der Waals surface area (Å²) in [5.74, 6) is -0.0480. The van der Waals surface area contributed by atoms with Gasteiger partial charge in [-0.15, -0.1) is 0 Å². The molecule has 0 aliphatic heterocycles. The highest BCUT2D eigenvalue weighted by molar-refractivity contribution is 5.65. The summed E-state index contributed by atoms with van der Waals surface area (Å²) in [4.78, 5) is 13.2. The minimum absolute atomic E-state index is 0.234. The molecule has 0 aliphatic rings. The van der Waals surface area contributed by atoms with E-state index >= 15 is 0 Å². The van der Waals surface area contributed by atoms with E-state index in [0.29, 0.717) is 18.5 Å². The topological polar surface area (TPSA) is 49.8 Å². The van der Waals surface area contributed by atoms with Gasteiger partial charge in [0.1, 0.15) is 12.4 Å². The molecule has 4 heteroatoms. The highest BCUT2D eigenvalue weighted by Gasteiger charge is 2.09. The molecule has 0 spiro atoms. The van der Waals surface area contributed by atoms with E-state index < -0.39 is 0 Å². The zero-order valence-corrected chi connectivity index (χ0v) is 18.1. The van der Waals surface area contributed by atoms with E-state index in [9.17, 15) is 9.90 Å². The second kappa shape index (κ2) is 12.2. The van der Waals surface area contributed by atoms with Crippen LogP contribution in [-0.4, -0.2) is 34.6 Å². The summed E-state index contributed by atoms with van der Waals surface area (Å²) in [5.41, 5.74) is 2.83. The molecule has 2 aromatic carbocycles. The molecule has 0 amide bonds. The van der Waals surface area contributed by atoms with Crippen molar-refractivity contribution in [2.24, 2.45) is 0 Å². The van der Waals surface area contributed by atoms with Crippen LogP contribution < -0.4 is 0 Å². The SMILES string of the molecule is CC(=O)OCc1ccc(O)c(Cc2ccccc2)c1.CCN(C(C)C)C(C)C. The maximum Gasteiger partial charge on any atom is 0.302 e. The average molecular weight is 386 g/mol. The first-order valence-electron chi connectivity index (χ1n) is 9.98. The van der Waals surface area contributed by atoms with Crippen molar-refractivity contribution in [1.82, 2.24) is 4.90 Å². The monoisotopic (exact) mass is 385 g/mol. The number of aromatic hydroxyl groups is 1. The third-order valence-corrected chi connectivity index (χ3v) is 4.52. The number of hydrogen-bond acceptors (Lipinski definition) is 4. The van der Waals surface area contributed by atoms with E-state index in [1.54, 1.807) is 12.1 Å². The molecule has 0 unspecified atom stereocenters. The smallest absolute Gasteiger partial charge is 0.302 e. The summed E-state index contributed by atoms with van der Waals surface area (Å²) in [6.45, 7) is 13.9. The van der Waals surface area contributed by atoms with E-state index in [1.807, 2.05) is 36.4 Å². The van der Waals surface area contributed by atoms with Crippen molar-refractivity contribution in [3.8, 4) is 5.75 Å². The van der Waals surface area contributed by atoms with Crippen LogP contribution in [0.2, 0.25) is 0 Å². The maximum absolute atomic E-state index is 10.8. The Morgan fingerprint density at radius 2 is 1.61 bits per heavy atom. The number of carbonyl (C=O) groups is 1. The minimum Gasteiger partial charge on any atom is -0.508 e. The Hall–Kier alpha value is -2.33. The van der Waals surface area contributed by atoms with Crippen LogP contribution in [0.25, 0.3) is 0 Å². The first kappa shape index (κ1) is 23.7. The highest BCUT2D eigenvalue weighted by atomic mass is 16.5. The molecule has 2 aromatic rings. The zero-order chi connectivity index (χ0) is 21.1. The molecule has 154 valence electrons. The summed E-state index contributed by atoms with van der Waals surface area (Å²) in [5, 5.41) is 9.87. The van der Waals surface area contributed by atoms with Crippen LogP contribution in [-0.2, 0) is 22.6 Å². The van der Waals surface area contributed by atoms with Gasteiger partial charge < -0.3 is 9.84 Å².